The molecule has 0 fully saturated rings. The number of thioether (sulfide) groups is 1. The van der Waals surface area contributed by atoms with Crippen LogP contribution < -0.4 is 9.46 Å². The van der Waals surface area contributed by atoms with Crippen molar-refractivity contribution in [2.24, 2.45) is 0 Å². The molecular formula is C26H23NO5S2. The molecule has 34 heavy (non-hydrogen) atoms. The van der Waals surface area contributed by atoms with Gasteiger partial charge in [0, 0.05) is 17.7 Å². The summed E-state index contributed by atoms with van der Waals surface area (Å²) in [4.78, 5) is 11.0. The summed E-state index contributed by atoms with van der Waals surface area (Å²) in [6.45, 7) is 0.249. The number of hydrogen-bond acceptors (Lipinski definition) is 5. The van der Waals surface area contributed by atoms with E-state index in [0.717, 1.165) is 27.8 Å². The van der Waals surface area contributed by atoms with E-state index < -0.39 is 16.2 Å². The van der Waals surface area contributed by atoms with Crippen molar-refractivity contribution >= 4 is 46.2 Å². The summed E-state index contributed by atoms with van der Waals surface area (Å²) >= 11 is 1.58. The van der Waals surface area contributed by atoms with Gasteiger partial charge in [-0.15, -0.1) is 11.8 Å². The Kier molecular flexibility index (Phi) is 7.52. The summed E-state index contributed by atoms with van der Waals surface area (Å²) < 4.78 is 32.2. The van der Waals surface area contributed by atoms with Gasteiger partial charge in [0.15, 0.2) is 0 Å². The van der Waals surface area contributed by atoms with Gasteiger partial charge in [0.05, 0.1) is 5.25 Å². The number of nitrogens with one attached hydrogen (secondary N) is 1. The third-order valence-corrected chi connectivity index (χ3v) is 7.58. The van der Waals surface area contributed by atoms with E-state index in [1.54, 1.807) is 30.0 Å². The molecule has 0 radical (unpaired) electrons. The van der Waals surface area contributed by atoms with Crippen molar-refractivity contribution < 1.29 is 23.1 Å². The number of carbonyl (C=O) groups is 1. The number of sulfonamides is 1. The summed E-state index contributed by atoms with van der Waals surface area (Å²) in [5.74, 6) is 0.761. The van der Waals surface area contributed by atoms with Crippen molar-refractivity contribution in [1.29, 1.82) is 0 Å². The predicted molar refractivity (Wildman–Crippen MR) is 137 cm³/mol. The SMILES string of the molecule is O=C(O)Oc1ccc2c(c1)C(SCCNS(=O)(=O)C=Cc1ccccc1)c1ccccc1C=C2. The number of hydrogen-bond donors (Lipinski definition) is 2. The van der Waals surface area contributed by atoms with E-state index in [-0.39, 0.29) is 17.5 Å². The monoisotopic (exact) mass is 493 g/mol. The third kappa shape index (κ3) is 6.17. The summed E-state index contributed by atoms with van der Waals surface area (Å²) in [7, 11) is -3.57. The van der Waals surface area contributed by atoms with Crippen molar-refractivity contribution in [1.82, 2.24) is 4.72 Å². The van der Waals surface area contributed by atoms with E-state index in [1.807, 2.05) is 72.8 Å². The van der Waals surface area contributed by atoms with E-state index >= 15 is 0 Å². The molecule has 1 aliphatic carbocycles. The Morgan fingerprint density at radius 1 is 0.971 bits per heavy atom. The molecule has 0 aromatic heterocycles. The molecule has 6 nitrogen and oxygen atoms in total. The molecule has 1 aliphatic rings. The number of rotatable bonds is 8. The third-order valence-electron chi connectivity index (χ3n) is 5.20. The Bertz CT molecular complexity index is 1330. The van der Waals surface area contributed by atoms with Crippen LogP contribution in [0.3, 0.4) is 0 Å². The van der Waals surface area contributed by atoms with Crippen molar-refractivity contribution in [2.75, 3.05) is 12.3 Å². The van der Waals surface area contributed by atoms with Crippen LogP contribution in [0.4, 0.5) is 4.79 Å². The highest BCUT2D eigenvalue weighted by Crippen LogP contribution is 2.43. The zero-order valence-electron chi connectivity index (χ0n) is 18.1. The standard InChI is InChI=1S/C26H23NO5S2/c28-26(29)32-22-13-12-21-11-10-20-8-4-5-9-23(20)25(24(21)18-22)33-16-15-27-34(30,31)17-14-19-6-2-1-3-7-19/h1-14,17-18,25,27H,15-16H2,(H,28,29). The molecule has 0 amide bonds. The van der Waals surface area contributed by atoms with Gasteiger partial charge in [0.2, 0.25) is 10.0 Å². The summed E-state index contributed by atoms with van der Waals surface area (Å²) in [5, 5.41) is 10.1. The Hall–Kier alpha value is -3.33. The maximum absolute atomic E-state index is 12.4. The second-order valence-electron chi connectivity index (χ2n) is 7.52. The fourth-order valence-electron chi connectivity index (χ4n) is 3.67. The van der Waals surface area contributed by atoms with Crippen LogP contribution >= 0.6 is 11.8 Å². The molecule has 0 heterocycles. The van der Waals surface area contributed by atoms with E-state index in [9.17, 15) is 13.2 Å². The molecule has 0 spiro atoms. The average molecular weight is 494 g/mol. The van der Waals surface area contributed by atoms with Crippen molar-refractivity contribution in [3.63, 3.8) is 0 Å². The van der Waals surface area contributed by atoms with Crippen LogP contribution in [0, 0.1) is 0 Å². The zero-order chi connectivity index (χ0) is 24.0. The van der Waals surface area contributed by atoms with Gasteiger partial charge < -0.3 is 9.84 Å². The van der Waals surface area contributed by atoms with Crippen LogP contribution in [-0.4, -0.2) is 32.0 Å². The fraction of sp³-hybridized carbons (Fsp3) is 0.115. The lowest BCUT2D eigenvalue weighted by Gasteiger charge is -2.20. The Morgan fingerprint density at radius 2 is 1.68 bits per heavy atom. The zero-order valence-corrected chi connectivity index (χ0v) is 19.8. The minimum absolute atomic E-state index is 0.122. The topological polar surface area (TPSA) is 92.7 Å². The first-order valence-corrected chi connectivity index (χ1v) is 13.2. The van der Waals surface area contributed by atoms with Crippen LogP contribution in [0.15, 0.2) is 78.2 Å². The van der Waals surface area contributed by atoms with Gasteiger partial charge in [-0.05, 0) is 46.0 Å². The number of benzene rings is 3. The summed E-state index contributed by atoms with van der Waals surface area (Å²) in [5.41, 5.74) is 4.81. The fourth-order valence-corrected chi connectivity index (χ4v) is 5.85. The number of ether oxygens (including phenoxy) is 1. The van der Waals surface area contributed by atoms with Gasteiger partial charge in [0.1, 0.15) is 5.75 Å². The molecule has 0 bridgehead atoms. The molecule has 174 valence electrons. The number of fused-ring (bicyclic) bond motifs is 2. The second-order valence-corrected chi connectivity index (χ2v) is 10.4. The largest absolute Gasteiger partial charge is 0.511 e. The lowest BCUT2D eigenvalue weighted by Crippen LogP contribution is -2.24. The molecule has 1 unspecified atom stereocenters. The quantitative estimate of drug-likeness (QED) is 0.240. The van der Waals surface area contributed by atoms with Gasteiger partial charge in [-0.3, -0.25) is 0 Å². The lowest BCUT2D eigenvalue weighted by molar-refractivity contribution is 0.144. The smallest absolute Gasteiger partial charge is 0.449 e. The van der Waals surface area contributed by atoms with Gasteiger partial charge in [0.25, 0.3) is 0 Å². The first-order valence-electron chi connectivity index (χ1n) is 10.6. The number of carboxylic acid groups (broad SMARTS) is 1. The maximum atomic E-state index is 12.4. The average Bonchev–Trinajstić information content (AvgIpc) is 2.98. The molecule has 3 aromatic carbocycles. The van der Waals surface area contributed by atoms with E-state index in [1.165, 1.54) is 5.41 Å². The molecule has 0 saturated carbocycles. The molecule has 8 heteroatoms. The Balaban J connectivity index is 1.49. The Labute approximate surface area is 203 Å². The van der Waals surface area contributed by atoms with Gasteiger partial charge in [-0.2, -0.15) is 0 Å². The van der Waals surface area contributed by atoms with Crippen LogP contribution in [0.25, 0.3) is 18.2 Å². The van der Waals surface area contributed by atoms with Crippen LogP contribution in [0.2, 0.25) is 0 Å². The lowest BCUT2D eigenvalue weighted by atomic mass is 9.99. The summed E-state index contributed by atoms with van der Waals surface area (Å²) in [6.07, 6.45) is 4.22. The second kappa shape index (κ2) is 10.7. The molecule has 2 N–H and O–H groups in total. The highest BCUT2D eigenvalue weighted by molar-refractivity contribution is 7.99. The molecule has 1 atom stereocenters. The minimum Gasteiger partial charge on any atom is -0.449 e. The molecule has 0 saturated heterocycles. The first-order chi connectivity index (χ1) is 16.4. The van der Waals surface area contributed by atoms with Crippen molar-refractivity contribution in [2.45, 2.75) is 5.25 Å². The van der Waals surface area contributed by atoms with E-state index in [0.29, 0.717) is 5.75 Å². The molecule has 4 rings (SSSR count). The predicted octanol–water partition coefficient (Wildman–Crippen LogP) is 5.64. The minimum atomic E-state index is -3.57. The Morgan fingerprint density at radius 3 is 2.44 bits per heavy atom. The van der Waals surface area contributed by atoms with Crippen molar-refractivity contribution in [3.8, 4) is 5.75 Å². The summed E-state index contributed by atoms with van der Waals surface area (Å²) in [6, 6.07) is 22.4. The van der Waals surface area contributed by atoms with Gasteiger partial charge >= 0.3 is 6.16 Å². The highest BCUT2D eigenvalue weighted by atomic mass is 32.2. The highest BCUT2D eigenvalue weighted by Gasteiger charge is 2.23. The molecule has 0 aliphatic heterocycles. The van der Waals surface area contributed by atoms with Crippen LogP contribution in [0.1, 0.15) is 33.1 Å². The molecular weight excluding hydrogens is 470 g/mol. The van der Waals surface area contributed by atoms with E-state index in [2.05, 4.69) is 4.72 Å². The van der Waals surface area contributed by atoms with Gasteiger partial charge in [-0.1, -0.05) is 72.8 Å². The normalized spacial score (nSPS) is 14.9. The first kappa shape index (κ1) is 23.8. The van der Waals surface area contributed by atoms with Crippen LogP contribution in [0.5, 0.6) is 5.75 Å². The maximum Gasteiger partial charge on any atom is 0.511 e. The van der Waals surface area contributed by atoms with Crippen molar-refractivity contribution in [3.05, 3.63) is 106 Å². The molecule has 3 aromatic rings. The van der Waals surface area contributed by atoms with E-state index in [4.69, 9.17) is 9.84 Å². The van der Waals surface area contributed by atoms with Gasteiger partial charge in [-0.25, -0.2) is 17.9 Å². The van der Waals surface area contributed by atoms with Crippen LogP contribution in [-0.2, 0) is 10.0 Å².